The van der Waals surface area contributed by atoms with Crippen molar-refractivity contribution in [3.8, 4) is 11.9 Å². The van der Waals surface area contributed by atoms with Gasteiger partial charge in [0.2, 0.25) is 16.2 Å². The molecular weight excluding hydrogens is 520 g/mol. The second-order valence-electron chi connectivity index (χ2n) is 7.40. The molecular formula is C17H18N18S2. The highest BCUT2D eigenvalue weighted by molar-refractivity contribution is 7.09. The van der Waals surface area contributed by atoms with Crippen molar-refractivity contribution in [3.63, 3.8) is 0 Å². The molecule has 37 heavy (non-hydrogen) atoms. The van der Waals surface area contributed by atoms with Crippen LogP contribution in [0.5, 0.6) is 0 Å². The van der Waals surface area contributed by atoms with Crippen LogP contribution in [0.3, 0.4) is 0 Å². The SMILES string of the molecule is Cc1nsc(N=Nc2c(C)nn(-c3nc(N)nc(-n4nc(C)c(N=Nc5nc(C)ns5)c4N)n3)c2N)n1. The van der Waals surface area contributed by atoms with E-state index < -0.39 is 0 Å². The average Bonchev–Trinajstić information content (AvgIpc) is 3.59. The maximum Gasteiger partial charge on any atom is 0.259 e. The molecule has 0 amide bonds. The van der Waals surface area contributed by atoms with E-state index in [4.69, 9.17) is 17.2 Å². The summed E-state index contributed by atoms with van der Waals surface area (Å²) in [6.07, 6.45) is 0. The smallest absolute Gasteiger partial charge is 0.259 e. The van der Waals surface area contributed by atoms with Gasteiger partial charge in [-0.15, -0.1) is 20.5 Å². The van der Waals surface area contributed by atoms with Crippen LogP contribution in [0.4, 0.5) is 39.2 Å². The molecule has 5 heterocycles. The quantitative estimate of drug-likeness (QED) is 0.264. The van der Waals surface area contributed by atoms with Crippen molar-refractivity contribution in [1.82, 2.24) is 53.2 Å². The standard InChI is InChI=1S/C17H18N18S2/c1-5-9(26-28-16-21-7(3)32-36-16)11(18)34(30-5)14-23-13(20)24-15(25-14)35-12(19)10(6(2)31-35)27-29-17-22-8(4)33-37-17/h18-19H2,1-4H3,(H2,20,23,24,25). The molecule has 0 saturated heterocycles. The number of nitrogen functional groups attached to an aromatic ring is 3. The molecule has 0 aliphatic carbocycles. The first kappa shape index (κ1) is 23.9. The van der Waals surface area contributed by atoms with E-state index in [-0.39, 0.29) is 29.5 Å². The number of anilines is 3. The number of hydrogen-bond acceptors (Lipinski definition) is 18. The molecule has 6 N–H and O–H groups in total. The van der Waals surface area contributed by atoms with Crippen LogP contribution >= 0.6 is 23.1 Å². The lowest BCUT2D eigenvalue weighted by atomic mass is 10.4. The number of rotatable bonds is 6. The Hall–Kier alpha value is -4.85. The van der Waals surface area contributed by atoms with E-state index in [1.807, 2.05) is 0 Å². The zero-order valence-electron chi connectivity index (χ0n) is 19.8. The Morgan fingerprint density at radius 3 is 1.41 bits per heavy atom. The topological polar surface area (TPSA) is 253 Å². The molecule has 0 radical (unpaired) electrons. The van der Waals surface area contributed by atoms with Gasteiger partial charge in [-0.1, -0.05) is 0 Å². The molecule has 0 fully saturated rings. The Morgan fingerprint density at radius 1 is 0.595 bits per heavy atom. The number of aryl methyl sites for hydroxylation is 4. The molecule has 0 aliphatic heterocycles. The van der Waals surface area contributed by atoms with E-state index >= 15 is 0 Å². The van der Waals surface area contributed by atoms with Crippen LogP contribution in [0.1, 0.15) is 23.0 Å². The van der Waals surface area contributed by atoms with E-state index in [0.717, 1.165) is 23.1 Å². The fourth-order valence-electron chi connectivity index (χ4n) is 3.02. The maximum absolute atomic E-state index is 6.29. The fourth-order valence-corrected chi connectivity index (χ4v) is 4.03. The summed E-state index contributed by atoms with van der Waals surface area (Å²) in [5, 5.41) is 26.0. The molecule has 0 aliphatic rings. The molecule has 0 aromatic carbocycles. The summed E-state index contributed by atoms with van der Waals surface area (Å²) in [6.45, 7) is 6.94. The largest absolute Gasteiger partial charge is 0.382 e. The van der Waals surface area contributed by atoms with Crippen LogP contribution in [0.15, 0.2) is 20.5 Å². The fraction of sp³-hybridized carbons (Fsp3) is 0.235. The van der Waals surface area contributed by atoms with E-state index in [9.17, 15) is 0 Å². The highest BCUT2D eigenvalue weighted by atomic mass is 32.1. The highest BCUT2D eigenvalue weighted by Crippen LogP contribution is 2.32. The molecule has 0 bridgehead atoms. The van der Waals surface area contributed by atoms with Gasteiger partial charge in [0.15, 0.2) is 23.0 Å². The first-order valence-electron chi connectivity index (χ1n) is 10.4. The molecule has 0 unspecified atom stereocenters. The summed E-state index contributed by atoms with van der Waals surface area (Å²) in [5.41, 5.74) is 20.1. The lowest BCUT2D eigenvalue weighted by Gasteiger charge is -2.07. The van der Waals surface area contributed by atoms with Gasteiger partial charge >= 0.3 is 0 Å². The van der Waals surface area contributed by atoms with Gasteiger partial charge in [-0.05, 0) is 27.7 Å². The Kier molecular flexibility index (Phi) is 6.01. The molecule has 0 atom stereocenters. The van der Waals surface area contributed by atoms with Crippen LogP contribution < -0.4 is 17.2 Å². The van der Waals surface area contributed by atoms with Gasteiger partial charge in [-0.3, -0.25) is 0 Å². The summed E-state index contributed by atoms with van der Waals surface area (Å²) < 4.78 is 10.7. The number of nitrogens with zero attached hydrogens (tertiary/aromatic N) is 15. The normalized spacial score (nSPS) is 11.9. The maximum atomic E-state index is 6.29. The van der Waals surface area contributed by atoms with Gasteiger partial charge in [0.1, 0.15) is 11.6 Å². The van der Waals surface area contributed by atoms with Crippen LogP contribution in [0.2, 0.25) is 0 Å². The summed E-state index contributed by atoms with van der Waals surface area (Å²) in [7, 11) is 0. The molecule has 18 nitrogen and oxygen atoms in total. The first-order valence-corrected chi connectivity index (χ1v) is 11.9. The van der Waals surface area contributed by atoms with Gasteiger partial charge < -0.3 is 17.2 Å². The number of azo groups is 2. The highest BCUT2D eigenvalue weighted by Gasteiger charge is 2.21. The predicted octanol–water partition coefficient (Wildman–Crippen LogP) is 2.76. The average molecular weight is 539 g/mol. The van der Waals surface area contributed by atoms with E-state index in [0.29, 0.717) is 44.7 Å². The second kappa shape index (κ2) is 9.31. The van der Waals surface area contributed by atoms with Crippen LogP contribution in [-0.2, 0) is 0 Å². The zero-order chi connectivity index (χ0) is 26.3. The van der Waals surface area contributed by atoms with Crippen LogP contribution in [-0.4, -0.2) is 53.2 Å². The summed E-state index contributed by atoms with van der Waals surface area (Å²) in [4.78, 5) is 21.0. The monoisotopic (exact) mass is 538 g/mol. The third-order valence-electron chi connectivity index (χ3n) is 4.64. The van der Waals surface area contributed by atoms with Gasteiger partial charge in [0.25, 0.3) is 11.9 Å². The van der Waals surface area contributed by atoms with Gasteiger partial charge in [0, 0.05) is 23.1 Å². The molecule has 20 heteroatoms. The van der Waals surface area contributed by atoms with Gasteiger partial charge in [0.05, 0.1) is 11.4 Å². The van der Waals surface area contributed by atoms with E-state index in [2.05, 4.69) is 64.3 Å². The number of hydrogen-bond donors (Lipinski definition) is 3. The summed E-state index contributed by atoms with van der Waals surface area (Å²) in [6, 6.07) is 0. The molecule has 0 spiro atoms. The lowest BCUT2D eigenvalue weighted by molar-refractivity contribution is 0.748. The van der Waals surface area contributed by atoms with Crippen molar-refractivity contribution in [3.05, 3.63) is 23.0 Å². The first-order chi connectivity index (χ1) is 17.7. The van der Waals surface area contributed by atoms with Crippen LogP contribution in [0, 0.1) is 27.7 Å². The summed E-state index contributed by atoms with van der Waals surface area (Å²) in [5.74, 6) is 1.39. The number of aromatic nitrogens is 11. The van der Waals surface area contributed by atoms with Crippen molar-refractivity contribution in [2.45, 2.75) is 27.7 Å². The zero-order valence-corrected chi connectivity index (χ0v) is 21.4. The van der Waals surface area contributed by atoms with Crippen molar-refractivity contribution in [2.24, 2.45) is 20.5 Å². The van der Waals surface area contributed by atoms with E-state index in [1.54, 1.807) is 27.7 Å². The second-order valence-corrected chi connectivity index (χ2v) is 8.86. The minimum atomic E-state index is -0.111. The van der Waals surface area contributed by atoms with Crippen LogP contribution in [0.25, 0.3) is 11.9 Å². The Labute approximate surface area is 215 Å². The molecule has 5 rings (SSSR count). The third-order valence-corrected chi connectivity index (χ3v) is 6.02. The van der Waals surface area contributed by atoms with Gasteiger partial charge in [-0.2, -0.15) is 43.3 Å². The molecule has 188 valence electrons. The van der Waals surface area contributed by atoms with Crippen molar-refractivity contribution < 1.29 is 0 Å². The summed E-state index contributed by atoms with van der Waals surface area (Å²) >= 11 is 2.22. The Morgan fingerprint density at radius 2 is 1.03 bits per heavy atom. The minimum absolute atomic E-state index is 0.0244. The van der Waals surface area contributed by atoms with Crippen molar-refractivity contribution >= 4 is 62.3 Å². The van der Waals surface area contributed by atoms with Crippen molar-refractivity contribution in [2.75, 3.05) is 17.2 Å². The molecule has 5 aromatic heterocycles. The number of nitrogens with two attached hydrogens (primary N) is 3. The lowest BCUT2D eigenvalue weighted by Crippen LogP contribution is -2.15. The minimum Gasteiger partial charge on any atom is -0.382 e. The Balaban J connectivity index is 1.50. The predicted molar refractivity (Wildman–Crippen MR) is 134 cm³/mol. The van der Waals surface area contributed by atoms with Gasteiger partial charge in [-0.25, -0.2) is 9.97 Å². The third kappa shape index (κ3) is 4.69. The Bertz CT molecular complexity index is 1550. The van der Waals surface area contributed by atoms with E-state index in [1.165, 1.54) is 9.36 Å². The molecule has 5 aromatic rings. The molecule has 0 saturated carbocycles. The van der Waals surface area contributed by atoms with Crippen molar-refractivity contribution in [1.29, 1.82) is 0 Å².